The second kappa shape index (κ2) is 4.83. The highest BCUT2D eigenvalue weighted by Crippen LogP contribution is 2.30. The van der Waals surface area contributed by atoms with Crippen LogP contribution >= 0.6 is 11.6 Å². The lowest BCUT2D eigenvalue weighted by Crippen LogP contribution is -2.17. The molecule has 0 radical (unpaired) electrons. The number of hydrogen-bond donors (Lipinski definition) is 1. The first-order valence-corrected chi connectivity index (χ1v) is 5.87. The number of rotatable bonds is 3. The van der Waals surface area contributed by atoms with Crippen LogP contribution in [0.15, 0.2) is 6.20 Å². The average molecular weight is 257 g/mol. The summed E-state index contributed by atoms with van der Waals surface area (Å²) in [6.07, 6.45) is 4.26. The van der Waals surface area contributed by atoms with E-state index in [2.05, 4.69) is 22.2 Å². The second-order valence-electron chi connectivity index (χ2n) is 4.39. The van der Waals surface area contributed by atoms with Crippen molar-refractivity contribution < 1.29 is 4.92 Å². The summed E-state index contributed by atoms with van der Waals surface area (Å²) < 4.78 is 0. The number of nitro groups is 1. The molecule has 1 aromatic rings. The minimum Gasteiger partial charge on any atom is -0.361 e. The van der Waals surface area contributed by atoms with Gasteiger partial charge in [-0.1, -0.05) is 6.92 Å². The largest absolute Gasteiger partial charge is 0.361 e. The third-order valence-corrected chi connectivity index (χ3v) is 3.15. The van der Waals surface area contributed by atoms with Crippen molar-refractivity contribution in [1.82, 2.24) is 9.97 Å². The normalized spacial score (nSPS) is 23.6. The SMILES string of the molecule is CC1CCC(Nc2nc(Cl)ncc2[N+](=O)[O-])C1. The standard InChI is InChI=1S/C10H13ClN4O2/c1-6-2-3-7(4-6)13-9-8(15(16)17)5-12-10(11)14-9/h5-7H,2-4H2,1H3,(H,12,13,14). The zero-order valence-electron chi connectivity index (χ0n) is 9.39. The van der Waals surface area contributed by atoms with Gasteiger partial charge in [0.25, 0.3) is 0 Å². The first-order chi connectivity index (χ1) is 8.06. The van der Waals surface area contributed by atoms with Crippen LogP contribution < -0.4 is 5.32 Å². The predicted octanol–water partition coefficient (Wildman–Crippen LogP) is 2.64. The maximum Gasteiger partial charge on any atom is 0.329 e. The molecule has 0 aromatic carbocycles. The molecule has 7 heteroatoms. The molecule has 17 heavy (non-hydrogen) atoms. The van der Waals surface area contributed by atoms with E-state index < -0.39 is 4.92 Å². The van der Waals surface area contributed by atoms with E-state index in [0.29, 0.717) is 5.92 Å². The van der Waals surface area contributed by atoms with Gasteiger partial charge in [0.05, 0.1) is 4.92 Å². The van der Waals surface area contributed by atoms with Gasteiger partial charge in [-0.05, 0) is 36.8 Å². The Morgan fingerprint density at radius 1 is 1.59 bits per heavy atom. The van der Waals surface area contributed by atoms with Crippen LogP contribution in [0, 0.1) is 16.0 Å². The molecule has 2 rings (SSSR count). The highest BCUT2D eigenvalue weighted by atomic mass is 35.5. The lowest BCUT2D eigenvalue weighted by atomic mass is 10.1. The number of nitrogens with one attached hydrogen (secondary N) is 1. The Morgan fingerprint density at radius 2 is 2.35 bits per heavy atom. The molecular formula is C10H13ClN4O2. The topological polar surface area (TPSA) is 81.0 Å². The molecule has 0 saturated heterocycles. The van der Waals surface area contributed by atoms with Crippen LogP contribution in [0.2, 0.25) is 5.28 Å². The Kier molecular flexibility index (Phi) is 3.42. The van der Waals surface area contributed by atoms with Gasteiger partial charge in [0.1, 0.15) is 6.20 Å². The Hall–Kier alpha value is -1.43. The highest BCUT2D eigenvalue weighted by molar-refractivity contribution is 6.28. The van der Waals surface area contributed by atoms with Crippen molar-refractivity contribution in [2.75, 3.05) is 5.32 Å². The summed E-state index contributed by atoms with van der Waals surface area (Å²) in [4.78, 5) is 17.8. The maximum absolute atomic E-state index is 10.8. The van der Waals surface area contributed by atoms with Gasteiger partial charge in [0.2, 0.25) is 11.1 Å². The summed E-state index contributed by atoms with van der Waals surface area (Å²) in [6.45, 7) is 2.17. The highest BCUT2D eigenvalue weighted by Gasteiger charge is 2.25. The van der Waals surface area contributed by atoms with Gasteiger partial charge in [-0.2, -0.15) is 4.98 Å². The van der Waals surface area contributed by atoms with E-state index in [-0.39, 0.29) is 22.8 Å². The van der Waals surface area contributed by atoms with E-state index in [9.17, 15) is 10.1 Å². The molecule has 0 spiro atoms. The Morgan fingerprint density at radius 3 is 2.94 bits per heavy atom. The van der Waals surface area contributed by atoms with Crippen LogP contribution in [-0.2, 0) is 0 Å². The summed E-state index contributed by atoms with van der Waals surface area (Å²) in [6, 6.07) is 0.231. The number of halogens is 1. The van der Waals surface area contributed by atoms with Gasteiger partial charge in [0.15, 0.2) is 0 Å². The molecule has 1 fully saturated rings. The lowest BCUT2D eigenvalue weighted by molar-refractivity contribution is -0.384. The monoisotopic (exact) mass is 256 g/mol. The first-order valence-electron chi connectivity index (χ1n) is 5.49. The number of anilines is 1. The van der Waals surface area contributed by atoms with Crippen LogP contribution in [0.4, 0.5) is 11.5 Å². The molecule has 1 heterocycles. The zero-order valence-corrected chi connectivity index (χ0v) is 10.1. The van der Waals surface area contributed by atoms with Crippen molar-refractivity contribution in [3.8, 4) is 0 Å². The van der Waals surface area contributed by atoms with Gasteiger partial charge in [-0.3, -0.25) is 10.1 Å². The summed E-state index contributed by atoms with van der Waals surface area (Å²) in [7, 11) is 0. The molecule has 1 aromatic heterocycles. The van der Waals surface area contributed by atoms with Crippen molar-refractivity contribution in [2.45, 2.75) is 32.2 Å². The minimum absolute atomic E-state index is 0.0177. The van der Waals surface area contributed by atoms with E-state index in [4.69, 9.17) is 11.6 Å². The molecule has 1 saturated carbocycles. The molecule has 92 valence electrons. The van der Waals surface area contributed by atoms with Crippen molar-refractivity contribution in [3.63, 3.8) is 0 Å². The van der Waals surface area contributed by atoms with Crippen LogP contribution in [0.25, 0.3) is 0 Å². The molecule has 1 aliphatic carbocycles. The maximum atomic E-state index is 10.8. The molecule has 1 aliphatic rings. The fourth-order valence-corrected chi connectivity index (χ4v) is 2.26. The fraction of sp³-hybridized carbons (Fsp3) is 0.600. The van der Waals surface area contributed by atoms with Crippen LogP contribution in [0.1, 0.15) is 26.2 Å². The quantitative estimate of drug-likeness (QED) is 0.511. The molecule has 0 bridgehead atoms. The lowest BCUT2D eigenvalue weighted by Gasteiger charge is -2.12. The molecule has 0 amide bonds. The first kappa shape index (κ1) is 12.0. The number of hydrogen-bond acceptors (Lipinski definition) is 5. The molecule has 2 unspecified atom stereocenters. The summed E-state index contributed by atoms with van der Waals surface area (Å²) in [5.74, 6) is 0.859. The average Bonchev–Trinajstić information content (AvgIpc) is 2.63. The van der Waals surface area contributed by atoms with Gasteiger partial charge in [-0.25, -0.2) is 4.98 Å². The number of aromatic nitrogens is 2. The number of nitrogens with zero attached hydrogens (tertiary/aromatic N) is 3. The van der Waals surface area contributed by atoms with Crippen LogP contribution in [0.3, 0.4) is 0 Å². The molecular weight excluding hydrogens is 244 g/mol. The minimum atomic E-state index is -0.503. The van der Waals surface area contributed by atoms with Crippen LogP contribution in [0.5, 0.6) is 0 Å². The Balaban J connectivity index is 2.19. The van der Waals surface area contributed by atoms with Crippen molar-refractivity contribution in [3.05, 3.63) is 21.6 Å². The summed E-state index contributed by atoms with van der Waals surface area (Å²) >= 11 is 5.65. The van der Waals surface area contributed by atoms with Crippen LogP contribution in [-0.4, -0.2) is 20.9 Å². The van der Waals surface area contributed by atoms with E-state index >= 15 is 0 Å². The Bertz CT molecular complexity index is 440. The zero-order chi connectivity index (χ0) is 12.4. The van der Waals surface area contributed by atoms with Gasteiger partial charge in [-0.15, -0.1) is 0 Å². The van der Waals surface area contributed by atoms with Gasteiger partial charge >= 0.3 is 5.69 Å². The smallest absolute Gasteiger partial charge is 0.329 e. The van der Waals surface area contributed by atoms with E-state index in [0.717, 1.165) is 25.5 Å². The van der Waals surface area contributed by atoms with Crippen molar-refractivity contribution in [2.24, 2.45) is 5.92 Å². The third kappa shape index (κ3) is 2.82. The van der Waals surface area contributed by atoms with E-state index in [1.54, 1.807) is 0 Å². The van der Waals surface area contributed by atoms with E-state index in [1.807, 2.05) is 0 Å². The van der Waals surface area contributed by atoms with Crippen molar-refractivity contribution in [1.29, 1.82) is 0 Å². The second-order valence-corrected chi connectivity index (χ2v) is 4.73. The molecule has 6 nitrogen and oxygen atoms in total. The molecule has 0 aliphatic heterocycles. The summed E-state index contributed by atoms with van der Waals surface area (Å²) in [5.41, 5.74) is -0.131. The summed E-state index contributed by atoms with van der Waals surface area (Å²) in [5, 5.41) is 13.9. The fourth-order valence-electron chi connectivity index (χ4n) is 2.13. The third-order valence-electron chi connectivity index (χ3n) is 2.97. The van der Waals surface area contributed by atoms with E-state index in [1.165, 1.54) is 0 Å². The predicted molar refractivity (Wildman–Crippen MR) is 64.1 cm³/mol. The van der Waals surface area contributed by atoms with Gasteiger partial charge < -0.3 is 5.32 Å². The Labute approximate surface area is 104 Å². The van der Waals surface area contributed by atoms with Crippen molar-refractivity contribution >= 4 is 23.1 Å². The molecule has 1 N–H and O–H groups in total. The van der Waals surface area contributed by atoms with Gasteiger partial charge in [0, 0.05) is 6.04 Å². The molecule has 2 atom stereocenters.